The fourth-order valence-corrected chi connectivity index (χ4v) is 8.37. The zero-order valence-electron chi connectivity index (χ0n) is 38.7. The zero-order chi connectivity index (χ0) is 48.2. The lowest BCUT2D eigenvalue weighted by Gasteiger charge is -2.30. The Labute approximate surface area is 399 Å². The van der Waals surface area contributed by atoms with Crippen molar-refractivity contribution in [1.29, 1.82) is 0 Å². The van der Waals surface area contributed by atoms with Gasteiger partial charge in [-0.25, -0.2) is 8.78 Å². The van der Waals surface area contributed by atoms with Crippen LogP contribution in [0.5, 0.6) is 0 Å². The molecule has 3 fully saturated rings. The van der Waals surface area contributed by atoms with E-state index in [1.165, 1.54) is 23.9 Å². The van der Waals surface area contributed by atoms with E-state index in [0.29, 0.717) is 49.8 Å². The molecular formula is C47H74F2N6O9S2. The number of carboxylic acids is 3. The molecule has 3 aliphatic heterocycles. The summed E-state index contributed by atoms with van der Waals surface area (Å²) in [5, 5.41) is 29.7. The van der Waals surface area contributed by atoms with Crippen LogP contribution in [0.15, 0.2) is 41.4 Å². The molecule has 0 spiro atoms. The number of amides is 1. The number of hydrogen-bond acceptors (Lipinski definition) is 13. The summed E-state index contributed by atoms with van der Waals surface area (Å²) in [7, 11) is 0. The average Bonchev–Trinajstić information content (AvgIpc) is 3.53. The van der Waals surface area contributed by atoms with Crippen LogP contribution in [0.25, 0.3) is 0 Å². The van der Waals surface area contributed by atoms with Crippen molar-refractivity contribution in [2.75, 3.05) is 103 Å². The molecule has 0 radical (unpaired) electrons. The molecule has 1 amide bonds. The Morgan fingerprint density at radius 1 is 0.818 bits per heavy atom. The van der Waals surface area contributed by atoms with Crippen LogP contribution in [-0.4, -0.2) is 162 Å². The number of thioether (sulfide) groups is 1. The van der Waals surface area contributed by atoms with Crippen molar-refractivity contribution in [2.24, 2.45) is 15.8 Å². The molecule has 0 aliphatic carbocycles. The summed E-state index contributed by atoms with van der Waals surface area (Å²) < 4.78 is 39.7. The first-order valence-electron chi connectivity index (χ1n) is 22.1. The number of nitrogens with zero attached hydrogens (tertiary/aromatic N) is 4. The Kier molecular flexibility index (Phi) is 25.5. The molecule has 372 valence electrons. The third kappa shape index (κ3) is 21.7. The van der Waals surface area contributed by atoms with Crippen molar-refractivity contribution in [3.63, 3.8) is 0 Å². The molecule has 5 rings (SSSR count). The highest BCUT2D eigenvalue weighted by molar-refractivity contribution is 8.01. The summed E-state index contributed by atoms with van der Waals surface area (Å²) in [4.78, 5) is 54.9. The van der Waals surface area contributed by atoms with Crippen molar-refractivity contribution in [2.45, 2.75) is 90.5 Å². The first-order valence-corrected chi connectivity index (χ1v) is 23.6. The van der Waals surface area contributed by atoms with Gasteiger partial charge < -0.3 is 40.3 Å². The van der Waals surface area contributed by atoms with Crippen molar-refractivity contribution in [3.05, 3.63) is 59.2 Å². The van der Waals surface area contributed by atoms with E-state index in [0.717, 1.165) is 77.4 Å². The highest BCUT2D eigenvalue weighted by Crippen LogP contribution is 2.47. The van der Waals surface area contributed by atoms with Gasteiger partial charge in [-0.05, 0) is 35.8 Å². The van der Waals surface area contributed by atoms with E-state index in [-0.39, 0.29) is 42.2 Å². The third-order valence-electron chi connectivity index (χ3n) is 10.5. The maximum Gasteiger partial charge on any atom is 0.316 e. The molecule has 5 N–H and O–H groups in total. The second-order valence-electron chi connectivity index (χ2n) is 18.4. The topological polar surface area (TPSA) is 194 Å². The number of anilines is 2. The number of aliphatic carboxylic acids is 3. The molecule has 3 heterocycles. The van der Waals surface area contributed by atoms with Gasteiger partial charge in [0.05, 0.1) is 55.9 Å². The van der Waals surface area contributed by atoms with Gasteiger partial charge in [0.15, 0.2) is 0 Å². The van der Waals surface area contributed by atoms with Crippen LogP contribution in [0, 0.1) is 22.5 Å². The van der Waals surface area contributed by atoms with E-state index in [2.05, 4.69) is 79.6 Å². The molecule has 19 heteroatoms. The summed E-state index contributed by atoms with van der Waals surface area (Å²) in [5.74, 6) is -4.14. The van der Waals surface area contributed by atoms with Crippen molar-refractivity contribution in [1.82, 2.24) is 14.7 Å². The molecule has 15 nitrogen and oxygen atoms in total. The summed E-state index contributed by atoms with van der Waals surface area (Å²) in [6.45, 7) is 23.7. The number of carbonyl (C=O) groups is 4. The molecule has 2 aromatic rings. The minimum Gasteiger partial charge on any atom is -0.481 e. The molecule has 3 saturated heterocycles. The molecule has 0 aromatic heterocycles. The quantitative estimate of drug-likeness (QED) is 0.0606. The Morgan fingerprint density at radius 3 is 1.82 bits per heavy atom. The highest BCUT2D eigenvalue weighted by Gasteiger charge is 2.43. The second-order valence-corrected chi connectivity index (χ2v) is 20.3. The number of ether oxygens (including phenoxy) is 2. The van der Waals surface area contributed by atoms with Crippen LogP contribution < -0.4 is 10.6 Å². The minimum absolute atomic E-state index is 0. The number of para-hydroxylation sites is 2. The second kappa shape index (κ2) is 29.0. The van der Waals surface area contributed by atoms with E-state index < -0.39 is 40.2 Å². The number of aliphatic imine (C=N–C) groups is 1. The number of morpholine rings is 2. The van der Waals surface area contributed by atoms with Gasteiger partial charge in [0.1, 0.15) is 22.3 Å². The van der Waals surface area contributed by atoms with E-state index in [9.17, 15) is 33.1 Å². The van der Waals surface area contributed by atoms with Gasteiger partial charge >= 0.3 is 17.9 Å². The van der Waals surface area contributed by atoms with Gasteiger partial charge in [-0.1, -0.05) is 73.2 Å². The fraction of sp³-hybridized carbons (Fsp3) is 0.638. The van der Waals surface area contributed by atoms with Crippen LogP contribution >= 0.6 is 24.4 Å². The number of rotatable bonds is 19. The first kappa shape index (κ1) is 58.1. The molecular weight excluding hydrogens is 895 g/mol. The first-order chi connectivity index (χ1) is 30.6. The maximum absolute atomic E-state index is 14.9. The lowest BCUT2D eigenvalue weighted by Crippen LogP contribution is -2.39. The smallest absolute Gasteiger partial charge is 0.316 e. The summed E-state index contributed by atoms with van der Waals surface area (Å²) in [6.07, 6.45) is 2.88. The van der Waals surface area contributed by atoms with E-state index in [1.54, 1.807) is 23.2 Å². The van der Waals surface area contributed by atoms with Crippen molar-refractivity contribution in [3.8, 4) is 0 Å². The Hall–Kier alpha value is -4.01. The standard InChI is InChI=1S/C23H34FN3O4S.C19H30FN3O.C4H6O4S.CH4/c1-23(2,3)7-9-27-21(30)18(15-19(28)29)32-22(27)16-5-4-6-17(24)20(16)25-8-10-26-11-13-31-14-12-26;1-19(2,3)7-8-21-15-16-5-4-6-17(20)18(16)22-9-10-23-11-13-24-14-12-23;5-3(6)1-2(9)4(7)8;/h4-6,18,22,25H,7-15H2,1-3H3,(H,28,29);4-6,15,22H,7-14H2,1-3H3;2,9H,1H2,(H,5,6)(H,7,8);1H4/t18-,22?;;2-;/m1.0./s1. The third-order valence-corrected chi connectivity index (χ3v) is 12.4. The molecule has 3 atom stereocenters. The SMILES string of the molecule is C.CC(C)(C)CCN1C(=O)[C@@H](CC(=O)O)SC1c1cccc(F)c1NCCN1CCOCC1.CC(C)(C)CCN=Cc1cccc(F)c1NCCN1CCOCC1.O=C(O)C[C@H](S)C(=O)O. The summed E-state index contributed by atoms with van der Waals surface area (Å²) in [6, 6.07) is 10.0. The van der Waals surface area contributed by atoms with Gasteiger partial charge in [0.2, 0.25) is 5.91 Å². The summed E-state index contributed by atoms with van der Waals surface area (Å²) in [5.41, 5.74) is 2.71. The maximum atomic E-state index is 14.9. The number of hydrogen-bond donors (Lipinski definition) is 6. The van der Waals surface area contributed by atoms with Gasteiger partial charge in [-0.2, -0.15) is 12.6 Å². The lowest BCUT2D eigenvalue weighted by molar-refractivity contribution is -0.142. The molecule has 3 aliphatic rings. The van der Waals surface area contributed by atoms with E-state index in [1.807, 2.05) is 12.1 Å². The molecule has 0 bridgehead atoms. The van der Waals surface area contributed by atoms with Gasteiger partial charge in [0.25, 0.3) is 0 Å². The lowest BCUT2D eigenvalue weighted by atomic mass is 9.92. The zero-order valence-corrected chi connectivity index (χ0v) is 40.4. The monoisotopic (exact) mass is 968 g/mol. The number of thiol groups is 1. The van der Waals surface area contributed by atoms with Crippen LogP contribution in [-0.2, 0) is 28.7 Å². The van der Waals surface area contributed by atoms with Crippen LogP contribution in [0.2, 0.25) is 0 Å². The molecule has 1 unspecified atom stereocenters. The minimum atomic E-state index is -1.21. The molecule has 0 saturated carbocycles. The van der Waals surface area contributed by atoms with Crippen molar-refractivity contribution < 1.29 is 52.8 Å². The normalized spacial score (nSPS) is 18.6. The van der Waals surface area contributed by atoms with Crippen molar-refractivity contribution >= 4 is 65.8 Å². The Bertz CT molecular complexity index is 1850. The molecule has 66 heavy (non-hydrogen) atoms. The Balaban J connectivity index is 0.000000388. The number of benzene rings is 2. The van der Waals surface area contributed by atoms with E-state index in [4.69, 9.17) is 19.7 Å². The highest BCUT2D eigenvalue weighted by atomic mass is 32.2. The number of halogens is 2. The van der Waals surface area contributed by atoms with Gasteiger partial charge in [-0.3, -0.25) is 34.0 Å². The molecule has 2 aromatic carbocycles. The van der Waals surface area contributed by atoms with Gasteiger partial charge in [-0.15, -0.1) is 11.8 Å². The predicted octanol–water partition coefficient (Wildman–Crippen LogP) is 7.33. The van der Waals surface area contributed by atoms with Crippen LogP contribution in [0.1, 0.15) is 91.2 Å². The van der Waals surface area contributed by atoms with E-state index >= 15 is 0 Å². The number of nitrogens with one attached hydrogen (secondary N) is 2. The predicted molar refractivity (Wildman–Crippen MR) is 262 cm³/mol. The fourth-order valence-electron chi connectivity index (χ4n) is 6.72. The van der Waals surface area contributed by atoms with Gasteiger partial charge in [0, 0.05) is 82.8 Å². The summed E-state index contributed by atoms with van der Waals surface area (Å²) >= 11 is 4.79. The van der Waals surface area contributed by atoms with Crippen LogP contribution in [0.3, 0.4) is 0 Å². The number of carboxylic acid groups (broad SMARTS) is 3. The average molecular weight is 969 g/mol. The van der Waals surface area contributed by atoms with Crippen LogP contribution in [0.4, 0.5) is 20.2 Å². The largest absolute Gasteiger partial charge is 0.481 e. The Morgan fingerprint density at radius 2 is 1.33 bits per heavy atom. The number of carbonyl (C=O) groups excluding carboxylic acids is 1.